The fraction of sp³-hybridized carbons (Fsp3) is 0.389. The van der Waals surface area contributed by atoms with Gasteiger partial charge in [-0.1, -0.05) is 12.1 Å². The second-order valence-electron chi connectivity index (χ2n) is 6.50. The molecule has 1 N–H and O–H groups in total. The molecule has 1 aliphatic rings. The van der Waals surface area contributed by atoms with E-state index in [1.54, 1.807) is 16.6 Å². The molecule has 1 aromatic carbocycles. The van der Waals surface area contributed by atoms with Crippen LogP contribution in [0.25, 0.3) is 5.65 Å². The Bertz CT molecular complexity index is 879. The zero-order valence-corrected chi connectivity index (χ0v) is 14.0. The first kappa shape index (κ1) is 16.0. The van der Waals surface area contributed by atoms with Crippen molar-refractivity contribution in [3.63, 3.8) is 0 Å². The lowest BCUT2D eigenvalue weighted by molar-refractivity contribution is 0.158. The highest BCUT2D eigenvalue weighted by atomic mass is 19.1. The van der Waals surface area contributed by atoms with Crippen LogP contribution < -0.4 is 4.90 Å². The van der Waals surface area contributed by atoms with Crippen LogP contribution in [-0.2, 0) is 0 Å². The molecule has 3 aromatic rings. The number of aryl methyl sites for hydroxylation is 1. The molecule has 0 saturated carbocycles. The van der Waals surface area contributed by atoms with E-state index in [1.807, 2.05) is 19.1 Å². The van der Waals surface area contributed by atoms with E-state index < -0.39 is 6.10 Å². The normalized spacial score (nSPS) is 18.8. The summed E-state index contributed by atoms with van der Waals surface area (Å²) in [4.78, 5) is 2.23. The van der Waals surface area contributed by atoms with Crippen molar-refractivity contribution in [2.45, 2.75) is 38.3 Å². The van der Waals surface area contributed by atoms with E-state index in [-0.39, 0.29) is 11.9 Å². The molecular weight excluding hydrogens is 321 g/mol. The molecule has 2 atom stereocenters. The van der Waals surface area contributed by atoms with Crippen LogP contribution in [0.5, 0.6) is 0 Å². The number of fused-ring (bicyclic) bond motifs is 1. The van der Waals surface area contributed by atoms with Crippen molar-refractivity contribution in [2.75, 3.05) is 11.4 Å². The maximum absolute atomic E-state index is 13.1. The van der Waals surface area contributed by atoms with Crippen LogP contribution in [0.2, 0.25) is 0 Å². The number of nitrogens with zero attached hydrogens (tertiary/aromatic N) is 5. The average Bonchev–Trinajstić information content (AvgIpc) is 3.22. The molecule has 0 spiro atoms. The quantitative estimate of drug-likeness (QED) is 0.790. The molecule has 25 heavy (non-hydrogen) atoms. The Kier molecular flexibility index (Phi) is 4.09. The molecule has 1 saturated heterocycles. The summed E-state index contributed by atoms with van der Waals surface area (Å²) < 4.78 is 14.8. The summed E-state index contributed by atoms with van der Waals surface area (Å²) in [6, 6.07) is 10.1. The van der Waals surface area contributed by atoms with Crippen LogP contribution in [0.3, 0.4) is 0 Å². The molecule has 0 amide bonds. The van der Waals surface area contributed by atoms with Crippen molar-refractivity contribution in [1.82, 2.24) is 19.8 Å². The summed E-state index contributed by atoms with van der Waals surface area (Å²) in [5, 5.41) is 23.3. The standard InChI is InChI=1S/C18H20FN5O/c1-12-20-21-17-8-9-18(22-24(12)17)23-10-2-3-15(23)11-16(25)13-4-6-14(19)7-5-13/h4-9,15-16,25H,2-3,10-11H2,1H3/t15-,16+/m0/s1. The summed E-state index contributed by atoms with van der Waals surface area (Å²) in [7, 11) is 0. The minimum absolute atomic E-state index is 0.196. The van der Waals surface area contributed by atoms with Crippen molar-refractivity contribution in [3.8, 4) is 0 Å². The first-order valence-corrected chi connectivity index (χ1v) is 8.51. The summed E-state index contributed by atoms with van der Waals surface area (Å²) in [5.41, 5.74) is 1.47. The summed E-state index contributed by atoms with van der Waals surface area (Å²) in [5.74, 6) is 1.32. The van der Waals surface area contributed by atoms with E-state index in [0.717, 1.165) is 42.2 Å². The molecule has 130 valence electrons. The SMILES string of the molecule is Cc1nnc2ccc(N3CCC[C@H]3C[C@@H](O)c3ccc(F)cc3)nn12. The van der Waals surface area contributed by atoms with Crippen LogP contribution in [-0.4, -0.2) is 37.5 Å². The zero-order valence-electron chi connectivity index (χ0n) is 14.0. The van der Waals surface area contributed by atoms with Crippen molar-refractivity contribution in [2.24, 2.45) is 0 Å². The number of aliphatic hydroxyl groups excluding tert-OH is 1. The third-order valence-electron chi connectivity index (χ3n) is 4.83. The number of anilines is 1. The zero-order chi connectivity index (χ0) is 17.4. The van der Waals surface area contributed by atoms with Gasteiger partial charge in [0.25, 0.3) is 0 Å². The van der Waals surface area contributed by atoms with Gasteiger partial charge in [-0.2, -0.15) is 4.52 Å². The van der Waals surface area contributed by atoms with Crippen LogP contribution >= 0.6 is 0 Å². The lowest BCUT2D eigenvalue weighted by Gasteiger charge is -2.27. The number of hydrogen-bond acceptors (Lipinski definition) is 5. The lowest BCUT2D eigenvalue weighted by atomic mass is 10.0. The highest BCUT2D eigenvalue weighted by molar-refractivity contribution is 5.47. The van der Waals surface area contributed by atoms with Crippen LogP contribution in [0.4, 0.5) is 10.2 Å². The van der Waals surface area contributed by atoms with Crippen molar-refractivity contribution in [3.05, 3.63) is 53.6 Å². The average molecular weight is 341 g/mol. The molecule has 1 aliphatic heterocycles. The second kappa shape index (κ2) is 6.40. The highest BCUT2D eigenvalue weighted by Crippen LogP contribution is 2.30. The monoisotopic (exact) mass is 341 g/mol. The Morgan fingerprint density at radius 1 is 1.20 bits per heavy atom. The van der Waals surface area contributed by atoms with Gasteiger partial charge in [0.2, 0.25) is 0 Å². The molecule has 3 heterocycles. The molecule has 6 nitrogen and oxygen atoms in total. The van der Waals surface area contributed by atoms with Crippen molar-refractivity contribution in [1.29, 1.82) is 0 Å². The first-order chi connectivity index (χ1) is 12.1. The van der Waals surface area contributed by atoms with Gasteiger partial charge in [-0.25, -0.2) is 4.39 Å². The van der Waals surface area contributed by atoms with E-state index in [9.17, 15) is 9.50 Å². The highest BCUT2D eigenvalue weighted by Gasteiger charge is 2.28. The number of rotatable bonds is 4. The van der Waals surface area contributed by atoms with Crippen LogP contribution in [0, 0.1) is 12.7 Å². The lowest BCUT2D eigenvalue weighted by Crippen LogP contribution is -2.31. The molecule has 2 aromatic heterocycles. The van der Waals surface area contributed by atoms with Gasteiger partial charge < -0.3 is 10.0 Å². The van der Waals surface area contributed by atoms with Gasteiger partial charge in [-0.3, -0.25) is 0 Å². The Balaban J connectivity index is 1.54. The number of aliphatic hydroxyl groups is 1. The summed E-state index contributed by atoms with van der Waals surface area (Å²) in [6.45, 7) is 2.77. The van der Waals surface area contributed by atoms with Crippen LogP contribution in [0.1, 0.15) is 36.8 Å². The van der Waals surface area contributed by atoms with Gasteiger partial charge in [0.15, 0.2) is 11.5 Å². The molecule has 4 rings (SSSR count). The van der Waals surface area contributed by atoms with Gasteiger partial charge in [-0.05, 0) is 56.0 Å². The van der Waals surface area contributed by atoms with Gasteiger partial charge in [0.05, 0.1) is 6.10 Å². The molecule has 0 unspecified atom stereocenters. The molecule has 0 radical (unpaired) electrons. The van der Waals surface area contributed by atoms with E-state index >= 15 is 0 Å². The third kappa shape index (κ3) is 3.07. The number of hydrogen-bond donors (Lipinski definition) is 1. The minimum atomic E-state index is -0.619. The molecule has 0 bridgehead atoms. The first-order valence-electron chi connectivity index (χ1n) is 8.51. The Hall–Kier alpha value is -2.54. The molecule has 7 heteroatoms. The van der Waals surface area contributed by atoms with E-state index in [2.05, 4.69) is 20.2 Å². The van der Waals surface area contributed by atoms with Gasteiger partial charge in [0.1, 0.15) is 11.6 Å². The van der Waals surface area contributed by atoms with Crippen molar-refractivity contribution < 1.29 is 9.50 Å². The number of aromatic nitrogens is 4. The second-order valence-corrected chi connectivity index (χ2v) is 6.50. The van der Waals surface area contributed by atoms with Gasteiger partial charge >= 0.3 is 0 Å². The molecule has 0 aliphatic carbocycles. The third-order valence-corrected chi connectivity index (χ3v) is 4.83. The maximum Gasteiger partial charge on any atom is 0.178 e. The Labute approximate surface area is 144 Å². The summed E-state index contributed by atoms with van der Waals surface area (Å²) >= 11 is 0. The Morgan fingerprint density at radius 2 is 2.00 bits per heavy atom. The van der Waals surface area contributed by atoms with E-state index in [4.69, 9.17) is 0 Å². The van der Waals surface area contributed by atoms with Gasteiger partial charge in [-0.15, -0.1) is 15.3 Å². The van der Waals surface area contributed by atoms with Crippen LogP contribution in [0.15, 0.2) is 36.4 Å². The number of benzene rings is 1. The Morgan fingerprint density at radius 3 is 2.80 bits per heavy atom. The number of halogens is 1. The maximum atomic E-state index is 13.1. The smallest absolute Gasteiger partial charge is 0.178 e. The summed E-state index contributed by atoms with van der Waals surface area (Å²) in [6.07, 6.45) is 2.03. The minimum Gasteiger partial charge on any atom is -0.388 e. The fourth-order valence-corrected chi connectivity index (χ4v) is 3.50. The van der Waals surface area contributed by atoms with Gasteiger partial charge in [0, 0.05) is 12.6 Å². The van der Waals surface area contributed by atoms with E-state index in [1.165, 1.54) is 12.1 Å². The molecular formula is C18H20FN5O. The van der Waals surface area contributed by atoms with Crippen molar-refractivity contribution >= 4 is 11.5 Å². The predicted molar refractivity (Wildman–Crippen MR) is 91.9 cm³/mol. The van der Waals surface area contributed by atoms with E-state index in [0.29, 0.717) is 6.42 Å². The molecule has 1 fully saturated rings. The predicted octanol–water partition coefficient (Wildman–Crippen LogP) is 2.66. The largest absolute Gasteiger partial charge is 0.388 e. The fourth-order valence-electron chi connectivity index (χ4n) is 3.50. The topological polar surface area (TPSA) is 66.5 Å².